The fourth-order valence-corrected chi connectivity index (χ4v) is 2.78. The van der Waals surface area contributed by atoms with E-state index in [1.54, 1.807) is 36.5 Å². The zero-order valence-corrected chi connectivity index (χ0v) is 17.1. The quantitative estimate of drug-likeness (QED) is 0.549. The Labute approximate surface area is 180 Å². The van der Waals surface area contributed by atoms with Crippen molar-refractivity contribution in [3.63, 3.8) is 0 Å². The predicted octanol–water partition coefficient (Wildman–Crippen LogP) is 3.75. The Kier molecular flexibility index (Phi) is 7.80. The Morgan fingerprint density at radius 1 is 0.933 bits per heavy atom. The number of benzene rings is 2. The van der Waals surface area contributed by atoms with Gasteiger partial charge in [0.1, 0.15) is 6.61 Å². The second kappa shape index (κ2) is 11.0. The fraction of sp³-hybridized carbons (Fsp3) is 0.174. The summed E-state index contributed by atoms with van der Waals surface area (Å²) in [4.78, 5) is 28.3. The van der Waals surface area contributed by atoms with Crippen molar-refractivity contribution in [3.05, 3.63) is 94.6 Å². The first-order valence-corrected chi connectivity index (χ1v) is 9.90. The highest BCUT2D eigenvalue weighted by Gasteiger charge is 2.07. The van der Waals surface area contributed by atoms with Gasteiger partial charge in [-0.2, -0.15) is 0 Å². The van der Waals surface area contributed by atoms with E-state index in [0.29, 0.717) is 29.6 Å². The van der Waals surface area contributed by atoms with E-state index in [1.165, 1.54) is 0 Å². The van der Waals surface area contributed by atoms with E-state index in [1.807, 2.05) is 36.4 Å². The first-order valence-electron chi connectivity index (χ1n) is 9.52. The summed E-state index contributed by atoms with van der Waals surface area (Å²) in [7, 11) is 0. The van der Waals surface area contributed by atoms with Crippen LogP contribution in [0.15, 0.2) is 72.9 Å². The number of pyridine rings is 1. The molecule has 154 valence electrons. The van der Waals surface area contributed by atoms with Gasteiger partial charge in [-0.1, -0.05) is 41.9 Å². The van der Waals surface area contributed by atoms with E-state index in [0.717, 1.165) is 11.1 Å². The van der Waals surface area contributed by atoms with Crippen molar-refractivity contribution in [2.24, 2.45) is 0 Å². The molecule has 0 unspecified atom stereocenters. The zero-order valence-electron chi connectivity index (χ0n) is 16.3. The van der Waals surface area contributed by atoms with Crippen molar-refractivity contribution in [1.82, 2.24) is 15.6 Å². The molecule has 2 aromatic carbocycles. The van der Waals surface area contributed by atoms with Crippen molar-refractivity contribution in [2.45, 2.75) is 19.6 Å². The number of carbonyl (C=O) groups is 2. The van der Waals surface area contributed by atoms with Crippen molar-refractivity contribution in [1.29, 1.82) is 0 Å². The highest BCUT2D eigenvalue weighted by atomic mass is 35.5. The standard InChI is InChI=1S/C23H22ClN3O3/c24-20-8-6-19(7-9-20)23(29)26-13-11-21(28)27-15-18-10-12-25-22(14-18)30-16-17-4-2-1-3-5-17/h1-10,12,14H,11,13,15-16H2,(H,26,29)(H,27,28). The Balaban J connectivity index is 1.39. The molecule has 0 aliphatic rings. The number of nitrogens with one attached hydrogen (secondary N) is 2. The Bertz CT molecular complexity index is 978. The summed E-state index contributed by atoms with van der Waals surface area (Å²) in [5.74, 6) is 0.101. The lowest BCUT2D eigenvalue weighted by Crippen LogP contribution is -2.30. The molecule has 2 N–H and O–H groups in total. The summed E-state index contributed by atoms with van der Waals surface area (Å²) >= 11 is 5.81. The summed E-state index contributed by atoms with van der Waals surface area (Å²) in [5.41, 5.74) is 2.44. The van der Waals surface area contributed by atoms with Crippen LogP contribution in [0.4, 0.5) is 0 Å². The highest BCUT2D eigenvalue weighted by molar-refractivity contribution is 6.30. The first-order chi connectivity index (χ1) is 14.6. The summed E-state index contributed by atoms with van der Waals surface area (Å²) in [6.07, 6.45) is 1.83. The van der Waals surface area contributed by atoms with Crippen molar-refractivity contribution in [3.8, 4) is 5.88 Å². The minimum Gasteiger partial charge on any atom is -0.473 e. The molecule has 6 nitrogen and oxygen atoms in total. The van der Waals surface area contributed by atoms with Crippen LogP contribution in [0.5, 0.6) is 5.88 Å². The summed E-state index contributed by atoms with van der Waals surface area (Å²) in [6, 6.07) is 20.0. The maximum absolute atomic E-state index is 12.0. The Morgan fingerprint density at radius 2 is 1.70 bits per heavy atom. The second-order valence-electron chi connectivity index (χ2n) is 6.57. The van der Waals surface area contributed by atoms with E-state index in [9.17, 15) is 9.59 Å². The predicted molar refractivity (Wildman–Crippen MR) is 115 cm³/mol. The molecule has 2 amide bonds. The van der Waals surface area contributed by atoms with E-state index in [4.69, 9.17) is 16.3 Å². The largest absolute Gasteiger partial charge is 0.473 e. The molecule has 7 heteroatoms. The molecule has 0 bridgehead atoms. The molecule has 1 heterocycles. The van der Waals surface area contributed by atoms with Gasteiger partial charge < -0.3 is 15.4 Å². The van der Waals surface area contributed by atoms with Gasteiger partial charge in [0.05, 0.1) is 0 Å². The van der Waals surface area contributed by atoms with Crippen LogP contribution < -0.4 is 15.4 Å². The lowest BCUT2D eigenvalue weighted by molar-refractivity contribution is -0.121. The van der Waals surface area contributed by atoms with Gasteiger partial charge in [-0.15, -0.1) is 0 Å². The molecule has 0 saturated carbocycles. The van der Waals surface area contributed by atoms with Crippen LogP contribution in [0.3, 0.4) is 0 Å². The van der Waals surface area contributed by atoms with Crippen LogP contribution in [0.2, 0.25) is 5.02 Å². The molecule has 1 aromatic heterocycles. The number of aromatic nitrogens is 1. The van der Waals surface area contributed by atoms with Gasteiger partial charge in [0.25, 0.3) is 5.91 Å². The van der Waals surface area contributed by atoms with Gasteiger partial charge in [-0.05, 0) is 41.5 Å². The van der Waals surface area contributed by atoms with Gasteiger partial charge in [-0.3, -0.25) is 9.59 Å². The number of carbonyl (C=O) groups excluding carboxylic acids is 2. The molecule has 0 aliphatic heterocycles. The molecule has 3 aromatic rings. The van der Waals surface area contributed by atoms with E-state index < -0.39 is 0 Å². The second-order valence-corrected chi connectivity index (χ2v) is 7.00. The normalized spacial score (nSPS) is 10.3. The average Bonchev–Trinajstić information content (AvgIpc) is 2.78. The number of hydrogen-bond acceptors (Lipinski definition) is 4. The number of halogens is 1. The lowest BCUT2D eigenvalue weighted by atomic mass is 10.2. The molecule has 0 saturated heterocycles. The Hall–Kier alpha value is -3.38. The Morgan fingerprint density at radius 3 is 2.47 bits per heavy atom. The van der Waals surface area contributed by atoms with E-state index in [-0.39, 0.29) is 24.8 Å². The molecule has 3 rings (SSSR count). The number of rotatable bonds is 9. The minimum absolute atomic E-state index is 0.157. The molecule has 0 spiro atoms. The van der Waals surface area contributed by atoms with Crippen molar-refractivity contribution < 1.29 is 14.3 Å². The number of amides is 2. The third-order valence-electron chi connectivity index (χ3n) is 4.26. The third-order valence-corrected chi connectivity index (χ3v) is 4.51. The van der Waals surface area contributed by atoms with Crippen LogP contribution >= 0.6 is 11.6 Å². The molecule has 0 aliphatic carbocycles. The van der Waals surface area contributed by atoms with Gasteiger partial charge in [0.15, 0.2) is 0 Å². The lowest BCUT2D eigenvalue weighted by Gasteiger charge is -2.09. The average molecular weight is 424 g/mol. The summed E-state index contributed by atoms with van der Waals surface area (Å²) in [5, 5.41) is 6.11. The molecule has 30 heavy (non-hydrogen) atoms. The van der Waals surface area contributed by atoms with E-state index >= 15 is 0 Å². The van der Waals surface area contributed by atoms with Gasteiger partial charge in [0, 0.05) is 42.4 Å². The van der Waals surface area contributed by atoms with Gasteiger partial charge >= 0.3 is 0 Å². The summed E-state index contributed by atoms with van der Waals surface area (Å²) in [6.45, 7) is 1.03. The fourth-order valence-electron chi connectivity index (χ4n) is 2.65. The highest BCUT2D eigenvalue weighted by Crippen LogP contribution is 2.12. The minimum atomic E-state index is -0.242. The monoisotopic (exact) mass is 423 g/mol. The first kappa shape index (κ1) is 21.3. The van der Waals surface area contributed by atoms with Crippen LogP contribution in [0, 0.1) is 0 Å². The van der Waals surface area contributed by atoms with Crippen LogP contribution in [0.25, 0.3) is 0 Å². The van der Waals surface area contributed by atoms with Crippen LogP contribution in [-0.2, 0) is 17.9 Å². The molecule has 0 atom stereocenters. The number of ether oxygens (including phenoxy) is 1. The smallest absolute Gasteiger partial charge is 0.251 e. The number of hydrogen-bond donors (Lipinski definition) is 2. The van der Waals surface area contributed by atoms with Crippen LogP contribution in [0.1, 0.15) is 27.9 Å². The van der Waals surface area contributed by atoms with Gasteiger partial charge in [-0.25, -0.2) is 4.98 Å². The molecular formula is C23H22ClN3O3. The molecule has 0 fully saturated rings. The maximum Gasteiger partial charge on any atom is 0.251 e. The topological polar surface area (TPSA) is 80.3 Å². The summed E-state index contributed by atoms with van der Waals surface area (Å²) < 4.78 is 5.70. The third kappa shape index (κ3) is 6.90. The van der Waals surface area contributed by atoms with Crippen LogP contribution in [-0.4, -0.2) is 23.3 Å². The molecule has 0 radical (unpaired) electrons. The van der Waals surface area contributed by atoms with Crippen molar-refractivity contribution >= 4 is 23.4 Å². The van der Waals surface area contributed by atoms with E-state index in [2.05, 4.69) is 15.6 Å². The molecular weight excluding hydrogens is 402 g/mol. The van der Waals surface area contributed by atoms with Crippen molar-refractivity contribution in [2.75, 3.05) is 6.54 Å². The zero-order chi connectivity index (χ0) is 21.2. The maximum atomic E-state index is 12.0. The number of nitrogens with zero attached hydrogens (tertiary/aromatic N) is 1. The SMILES string of the molecule is O=C(CCNC(=O)c1ccc(Cl)cc1)NCc1ccnc(OCc2ccccc2)c1. The van der Waals surface area contributed by atoms with Gasteiger partial charge in [0.2, 0.25) is 11.8 Å².